The van der Waals surface area contributed by atoms with E-state index in [2.05, 4.69) is 4.98 Å². The maximum absolute atomic E-state index is 13.3. The molecule has 1 amide bonds. The number of rotatable bonds is 8. The lowest BCUT2D eigenvalue weighted by Crippen LogP contribution is -2.40. The standard InChI is InChI=1S/C25H29FN4O3/c1-2-33-25(32)19-12-15-29(16-13-19)23(31)7-3-6-22-28-21-5-4-14-27-24(21)30(22)17-18-8-10-20(26)11-9-18/h4-5,8-11,14,19H,2-3,6-7,12-13,15-17H2,1H3. The van der Waals surface area contributed by atoms with E-state index in [9.17, 15) is 14.0 Å². The van der Waals surface area contributed by atoms with E-state index in [0.717, 1.165) is 22.6 Å². The highest BCUT2D eigenvalue weighted by molar-refractivity contribution is 5.77. The van der Waals surface area contributed by atoms with Crippen LogP contribution >= 0.6 is 0 Å². The molecular weight excluding hydrogens is 423 g/mol. The molecular formula is C25H29FN4O3. The summed E-state index contributed by atoms with van der Waals surface area (Å²) in [5, 5.41) is 0. The van der Waals surface area contributed by atoms with Gasteiger partial charge in [-0.05, 0) is 56.0 Å². The van der Waals surface area contributed by atoms with E-state index < -0.39 is 0 Å². The lowest BCUT2D eigenvalue weighted by Gasteiger charge is -2.31. The zero-order chi connectivity index (χ0) is 23.2. The second kappa shape index (κ2) is 10.6. The van der Waals surface area contributed by atoms with E-state index in [1.165, 1.54) is 12.1 Å². The third kappa shape index (κ3) is 5.56. The summed E-state index contributed by atoms with van der Waals surface area (Å²) in [7, 11) is 0. The van der Waals surface area contributed by atoms with E-state index in [-0.39, 0.29) is 23.6 Å². The first-order valence-electron chi connectivity index (χ1n) is 11.5. The predicted octanol–water partition coefficient (Wildman–Crippen LogP) is 3.74. The highest BCUT2D eigenvalue weighted by atomic mass is 19.1. The van der Waals surface area contributed by atoms with Crippen molar-refractivity contribution in [1.82, 2.24) is 19.4 Å². The first kappa shape index (κ1) is 22.9. The quantitative estimate of drug-likeness (QED) is 0.487. The van der Waals surface area contributed by atoms with Gasteiger partial charge in [0.2, 0.25) is 5.91 Å². The van der Waals surface area contributed by atoms with Crippen molar-refractivity contribution < 1.29 is 18.7 Å². The van der Waals surface area contributed by atoms with Gasteiger partial charge in [0.15, 0.2) is 5.65 Å². The normalized spacial score (nSPS) is 14.5. The first-order chi connectivity index (χ1) is 16.0. The van der Waals surface area contributed by atoms with Crippen LogP contribution in [-0.4, -0.2) is 51.0 Å². The molecule has 0 aliphatic carbocycles. The number of esters is 1. The largest absolute Gasteiger partial charge is 0.466 e. The smallest absolute Gasteiger partial charge is 0.309 e. The molecule has 1 saturated heterocycles. The minimum absolute atomic E-state index is 0.104. The molecule has 4 rings (SSSR count). The van der Waals surface area contributed by atoms with Crippen molar-refractivity contribution in [3.63, 3.8) is 0 Å². The average molecular weight is 453 g/mol. The molecule has 1 aliphatic heterocycles. The van der Waals surface area contributed by atoms with Crippen molar-refractivity contribution in [2.75, 3.05) is 19.7 Å². The van der Waals surface area contributed by atoms with Crippen LogP contribution in [-0.2, 0) is 27.3 Å². The molecule has 2 aromatic heterocycles. The average Bonchev–Trinajstić information content (AvgIpc) is 3.18. The Morgan fingerprint density at radius 2 is 1.91 bits per heavy atom. The number of hydrogen-bond donors (Lipinski definition) is 0. The SMILES string of the molecule is CCOC(=O)C1CCN(C(=O)CCCc2nc3cccnc3n2Cc2ccc(F)cc2)CC1. The lowest BCUT2D eigenvalue weighted by molar-refractivity contribution is -0.151. The number of nitrogens with zero attached hydrogens (tertiary/aromatic N) is 4. The Hall–Kier alpha value is -3.29. The molecule has 0 atom stereocenters. The molecule has 3 heterocycles. The van der Waals surface area contributed by atoms with Gasteiger partial charge in [0.25, 0.3) is 0 Å². The monoisotopic (exact) mass is 452 g/mol. The number of ether oxygens (including phenoxy) is 1. The van der Waals surface area contributed by atoms with Crippen LogP contribution in [0.15, 0.2) is 42.6 Å². The number of pyridine rings is 1. The van der Waals surface area contributed by atoms with Crippen LogP contribution in [0.3, 0.4) is 0 Å². The summed E-state index contributed by atoms with van der Waals surface area (Å²) in [5.74, 6) is 0.446. The van der Waals surface area contributed by atoms with Gasteiger partial charge in [0.05, 0.1) is 19.1 Å². The second-order valence-corrected chi connectivity index (χ2v) is 8.35. The predicted molar refractivity (Wildman–Crippen MR) is 122 cm³/mol. The topological polar surface area (TPSA) is 77.3 Å². The van der Waals surface area contributed by atoms with Crippen molar-refractivity contribution in [2.45, 2.75) is 45.6 Å². The fourth-order valence-electron chi connectivity index (χ4n) is 4.32. The van der Waals surface area contributed by atoms with Gasteiger partial charge in [-0.15, -0.1) is 0 Å². The number of imidazole rings is 1. The summed E-state index contributed by atoms with van der Waals surface area (Å²) < 4.78 is 20.4. The molecule has 8 heteroatoms. The molecule has 3 aromatic rings. The van der Waals surface area contributed by atoms with E-state index in [4.69, 9.17) is 9.72 Å². The number of benzene rings is 1. The number of aromatic nitrogens is 3. The van der Waals surface area contributed by atoms with Crippen LogP contribution in [0.4, 0.5) is 4.39 Å². The van der Waals surface area contributed by atoms with Crippen molar-refractivity contribution in [2.24, 2.45) is 5.92 Å². The minimum Gasteiger partial charge on any atom is -0.466 e. The lowest BCUT2D eigenvalue weighted by atomic mass is 9.96. The van der Waals surface area contributed by atoms with Crippen molar-refractivity contribution >= 4 is 23.0 Å². The fourth-order valence-corrected chi connectivity index (χ4v) is 4.32. The Bertz CT molecular complexity index is 1100. The van der Waals surface area contributed by atoms with Gasteiger partial charge in [0.1, 0.15) is 17.2 Å². The van der Waals surface area contributed by atoms with E-state index in [1.807, 2.05) is 21.6 Å². The van der Waals surface area contributed by atoms with Crippen molar-refractivity contribution in [3.8, 4) is 0 Å². The van der Waals surface area contributed by atoms with Gasteiger partial charge in [-0.2, -0.15) is 0 Å². The summed E-state index contributed by atoms with van der Waals surface area (Å²) in [6, 6.07) is 10.2. The van der Waals surface area contributed by atoms with Gasteiger partial charge in [-0.3, -0.25) is 9.59 Å². The van der Waals surface area contributed by atoms with E-state index >= 15 is 0 Å². The summed E-state index contributed by atoms with van der Waals surface area (Å²) in [6.45, 7) is 3.92. The van der Waals surface area contributed by atoms with Crippen LogP contribution in [0, 0.1) is 11.7 Å². The van der Waals surface area contributed by atoms with E-state index in [0.29, 0.717) is 58.3 Å². The van der Waals surface area contributed by atoms with Gasteiger partial charge in [-0.25, -0.2) is 14.4 Å². The number of amides is 1. The molecule has 0 spiro atoms. The Balaban J connectivity index is 1.36. The maximum Gasteiger partial charge on any atom is 0.309 e. The summed E-state index contributed by atoms with van der Waals surface area (Å²) >= 11 is 0. The molecule has 0 saturated carbocycles. The summed E-state index contributed by atoms with van der Waals surface area (Å²) in [6.07, 6.45) is 4.79. The molecule has 1 aromatic carbocycles. The fraction of sp³-hybridized carbons (Fsp3) is 0.440. The molecule has 1 fully saturated rings. The second-order valence-electron chi connectivity index (χ2n) is 8.35. The Morgan fingerprint density at radius 1 is 1.15 bits per heavy atom. The van der Waals surface area contributed by atoms with Crippen LogP contribution in [0.25, 0.3) is 11.2 Å². The number of carbonyl (C=O) groups is 2. The molecule has 7 nitrogen and oxygen atoms in total. The molecule has 174 valence electrons. The number of halogens is 1. The highest BCUT2D eigenvalue weighted by Gasteiger charge is 2.28. The number of fused-ring (bicyclic) bond motifs is 1. The Kier molecular flexibility index (Phi) is 7.32. The van der Waals surface area contributed by atoms with E-state index in [1.54, 1.807) is 25.3 Å². The summed E-state index contributed by atoms with van der Waals surface area (Å²) in [5.41, 5.74) is 2.55. The van der Waals surface area contributed by atoms with Crippen molar-refractivity contribution in [1.29, 1.82) is 0 Å². The number of hydrogen-bond acceptors (Lipinski definition) is 5. The Labute approximate surface area is 192 Å². The highest BCUT2D eigenvalue weighted by Crippen LogP contribution is 2.21. The van der Waals surface area contributed by atoms with Gasteiger partial charge >= 0.3 is 5.97 Å². The van der Waals surface area contributed by atoms with Crippen molar-refractivity contribution in [3.05, 3.63) is 59.8 Å². The third-order valence-electron chi connectivity index (χ3n) is 6.10. The molecule has 0 N–H and O–H groups in total. The maximum atomic E-state index is 13.3. The minimum atomic E-state index is -0.266. The molecule has 33 heavy (non-hydrogen) atoms. The summed E-state index contributed by atoms with van der Waals surface area (Å²) in [4.78, 5) is 35.7. The van der Waals surface area contributed by atoms with Crippen LogP contribution in [0.1, 0.15) is 44.0 Å². The molecule has 0 unspecified atom stereocenters. The van der Waals surface area contributed by atoms with Gasteiger partial charge in [-0.1, -0.05) is 12.1 Å². The third-order valence-corrected chi connectivity index (χ3v) is 6.10. The number of aryl methyl sites for hydroxylation is 1. The molecule has 0 bridgehead atoms. The van der Waals surface area contributed by atoms with Crippen LogP contribution < -0.4 is 0 Å². The zero-order valence-corrected chi connectivity index (χ0v) is 18.9. The number of likely N-dealkylation sites (tertiary alicyclic amines) is 1. The van der Waals surface area contributed by atoms with Gasteiger partial charge in [0, 0.05) is 32.1 Å². The van der Waals surface area contributed by atoms with Crippen LogP contribution in [0.5, 0.6) is 0 Å². The molecule has 0 radical (unpaired) electrons. The molecule has 1 aliphatic rings. The number of piperidine rings is 1. The number of carbonyl (C=O) groups excluding carboxylic acids is 2. The van der Waals surface area contributed by atoms with Gasteiger partial charge < -0.3 is 14.2 Å². The zero-order valence-electron chi connectivity index (χ0n) is 18.9. The Morgan fingerprint density at radius 3 is 2.64 bits per heavy atom. The first-order valence-corrected chi connectivity index (χ1v) is 11.5. The van der Waals surface area contributed by atoms with Crippen LogP contribution in [0.2, 0.25) is 0 Å².